The topological polar surface area (TPSA) is 57.4 Å². The Morgan fingerprint density at radius 2 is 2.23 bits per heavy atom. The lowest BCUT2D eigenvalue weighted by Crippen LogP contribution is -2.12. The molecule has 0 aromatic carbocycles. The fraction of sp³-hybridized carbons (Fsp3) is 0.625. The molecule has 0 spiro atoms. The van der Waals surface area contributed by atoms with Gasteiger partial charge in [-0.15, -0.1) is 0 Å². The summed E-state index contributed by atoms with van der Waals surface area (Å²) in [6.45, 7) is 2.69. The van der Waals surface area contributed by atoms with Crippen LogP contribution in [-0.4, -0.2) is 36.1 Å². The summed E-state index contributed by atoms with van der Waals surface area (Å²) >= 11 is 0. The minimum Gasteiger partial charge on any atom is -0.286 e. The van der Waals surface area contributed by atoms with Gasteiger partial charge >= 0.3 is 0 Å². The molecule has 1 aliphatic heterocycles. The van der Waals surface area contributed by atoms with Crippen molar-refractivity contribution < 1.29 is 17.5 Å². The molecule has 0 saturated carbocycles. The van der Waals surface area contributed by atoms with Gasteiger partial charge in [-0.05, 0) is 13.0 Å². The summed E-state index contributed by atoms with van der Waals surface area (Å²) in [7, 11) is -3.79. The van der Waals surface area contributed by atoms with Crippen LogP contribution in [0.2, 0.25) is 0 Å². The second-order valence-electron chi connectivity index (χ2n) is 3.23. The van der Waals surface area contributed by atoms with Crippen LogP contribution >= 0.6 is 0 Å². The van der Waals surface area contributed by atoms with Crippen LogP contribution in [0.3, 0.4) is 0 Å². The van der Waals surface area contributed by atoms with Gasteiger partial charge in [0.15, 0.2) is 12.4 Å². The molecule has 74 valence electrons. The highest BCUT2D eigenvalue weighted by molar-refractivity contribution is 7.85. The van der Waals surface area contributed by atoms with Crippen LogP contribution in [0.25, 0.3) is 0 Å². The summed E-state index contributed by atoms with van der Waals surface area (Å²) in [5.41, 5.74) is 0. The zero-order valence-corrected chi connectivity index (χ0v) is 8.37. The van der Waals surface area contributed by atoms with Crippen molar-refractivity contribution in [3.05, 3.63) is 12.3 Å². The first-order chi connectivity index (χ1) is 5.97. The molecule has 1 aliphatic rings. The third kappa shape index (κ3) is 4.19. The molecule has 0 aliphatic carbocycles. The Bertz CT molecular complexity index is 329. The molecule has 0 aromatic heterocycles. The highest BCUT2D eigenvalue weighted by Gasteiger charge is 2.12. The van der Waals surface area contributed by atoms with Gasteiger partial charge in [0.1, 0.15) is 6.54 Å². The predicted octanol–water partition coefficient (Wildman–Crippen LogP) is 0.511. The van der Waals surface area contributed by atoms with Crippen molar-refractivity contribution in [2.24, 2.45) is 5.92 Å². The normalized spacial score (nSPS) is 22.0. The van der Waals surface area contributed by atoms with Gasteiger partial charge in [-0.3, -0.25) is 4.55 Å². The van der Waals surface area contributed by atoms with Gasteiger partial charge < -0.3 is 0 Å². The molecule has 1 heterocycles. The highest BCUT2D eigenvalue weighted by atomic mass is 32.2. The van der Waals surface area contributed by atoms with Gasteiger partial charge in [0.2, 0.25) is 0 Å². The van der Waals surface area contributed by atoms with Gasteiger partial charge in [-0.2, -0.15) is 8.42 Å². The molecule has 0 saturated heterocycles. The van der Waals surface area contributed by atoms with E-state index >= 15 is 0 Å². The van der Waals surface area contributed by atoms with Gasteiger partial charge in [0, 0.05) is 6.42 Å². The van der Waals surface area contributed by atoms with E-state index in [0.717, 1.165) is 0 Å². The summed E-state index contributed by atoms with van der Waals surface area (Å²) in [6, 6.07) is 0. The summed E-state index contributed by atoms with van der Waals surface area (Å²) in [4.78, 5) is 0. The largest absolute Gasteiger partial charge is 0.286 e. The second-order valence-corrected chi connectivity index (χ2v) is 4.80. The van der Waals surface area contributed by atoms with Crippen LogP contribution in [0.15, 0.2) is 12.3 Å². The fourth-order valence-electron chi connectivity index (χ4n) is 1.23. The fourth-order valence-corrected chi connectivity index (χ4v) is 1.72. The Labute approximate surface area is 78.3 Å². The van der Waals surface area contributed by atoms with Gasteiger partial charge in [-0.1, -0.05) is 0 Å². The molecule has 1 rings (SSSR count). The second kappa shape index (κ2) is 4.02. The van der Waals surface area contributed by atoms with E-state index in [9.17, 15) is 8.42 Å². The lowest BCUT2D eigenvalue weighted by Gasteiger charge is -1.94. The molecule has 0 fully saturated rings. The molecule has 1 unspecified atom stereocenters. The van der Waals surface area contributed by atoms with Crippen molar-refractivity contribution in [2.45, 2.75) is 13.3 Å². The molecule has 0 aromatic rings. The first-order valence-corrected chi connectivity index (χ1v) is 5.82. The summed E-state index contributed by atoms with van der Waals surface area (Å²) in [5, 5.41) is 0. The Kier molecular flexibility index (Phi) is 3.22. The van der Waals surface area contributed by atoms with Crippen molar-refractivity contribution in [3.8, 4) is 0 Å². The third-order valence-electron chi connectivity index (χ3n) is 1.83. The van der Waals surface area contributed by atoms with E-state index in [1.807, 2.05) is 23.1 Å². The van der Waals surface area contributed by atoms with E-state index in [-0.39, 0.29) is 5.75 Å². The average Bonchev–Trinajstić information content (AvgIpc) is 2.33. The van der Waals surface area contributed by atoms with Crippen molar-refractivity contribution >= 4 is 16.3 Å². The van der Waals surface area contributed by atoms with Gasteiger partial charge in [0.25, 0.3) is 10.1 Å². The maximum Gasteiger partial charge on any atom is 0.265 e. The van der Waals surface area contributed by atoms with Crippen molar-refractivity contribution in [3.63, 3.8) is 0 Å². The summed E-state index contributed by atoms with van der Waals surface area (Å²) in [6.07, 6.45) is 6.43. The Hall–Kier alpha value is -0.680. The first kappa shape index (κ1) is 10.4. The van der Waals surface area contributed by atoms with Crippen LogP contribution in [0.4, 0.5) is 0 Å². The van der Waals surface area contributed by atoms with Crippen LogP contribution in [0, 0.1) is 5.92 Å². The third-order valence-corrected chi connectivity index (χ3v) is 2.63. The zero-order valence-electron chi connectivity index (χ0n) is 7.55. The number of allylic oxidation sites excluding steroid dienone is 1. The van der Waals surface area contributed by atoms with E-state index in [1.165, 1.54) is 0 Å². The summed E-state index contributed by atoms with van der Waals surface area (Å²) < 4.78 is 31.2. The van der Waals surface area contributed by atoms with E-state index in [4.69, 9.17) is 4.55 Å². The molecule has 13 heavy (non-hydrogen) atoms. The quantitative estimate of drug-likeness (QED) is 0.536. The monoisotopic (exact) mass is 204 g/mol. The highest BCUT2D eigenvalue weighted by Crippen LogP contribution is 2.02. The zero-order chi connectivity index (χ0) is 9.90. The Balaban J connectivity index is 2.29. The molecular weight excluding hydrogens is 190 g/mol. The maximum atomic E-state index is 10.4. The van der Waals surface area contributed by atoms with Crippen molar-refractivity contribution in [2.75, 3.05) is 12.3 Å². The lowest BCUT2D eigenvalue weighted by molar-refractivity contribution is -0.449. The van der Waals surface area contributed by atoms with Crippen molar-refractivity contribution in [1.29, 1.82) is 0 Å². The van der Waals surface area contributed by atoms with E-state index in [2.05, 4.69) is 6.92 Å². The van der Waals surface area contributed by atoms with Crippen LogP contribution < -0.4 is 0 Å². The Morgan fingerprint density at radius 3 is 2.69 bits per heavy atom. The SMILES string of the molecule is CC1C=C[N+](CCCS(=O)(=O)O)=C1. The number of hydrogen-bond acceptors (Lipinski definition) is 2. The van der Waals surface area contributed by atoms with Crippen LogP contribution in [0.5, 0.6) is 0 Å². The molecule has 0 bridgehead atoms. The molecule has 5 heteroatoms. The predicted molar refractivity (Wildman–Crippen MR) is 50.5 cm³/mol. The molecule has 1 N–H and O–H groups in total. The molecule has 4 nitrogen and oxygen atoms in total. The first-order valence-electron chi connectivity index (χ1n) is 4.21. The summed E-state index contributed by atoms with van der Waals surface area (Å²) in [5.74, 6) is 0.255. The van der Waals surface area contributed by atoms with Crippen LogP contribution in [-0.2, 0) is 10.1 Å². The van der Waals surface area contributed by atoms with Crippen LogP contribution in [0.1, 0.15) is 13.3 Å². The minimum absolute atomic E-state index is 0.167. The van der Waals surface area contributed by atoms with E-state index in [0.29, 0.717) is 18.9 Å². The maximum absolute atomic E-state index is 10.4. The molecule has 0 radical (unpaired) electrons. The molecular formula is C8H14NO3S+. The van der Waals surface area contributed by atoms with Gasteiger partial charge in [-0.25, -0.2) is 4.58 Å². The lowest BCUT2D eigenvalue weighted by atomic mass is 10.2. The van der Waals surface area contributed by atoms with Crippen molar-refractivity contribution in [1.82, 2.24) is 0 Å². The standard InChI is InChI=1S/C8H13NO3S/c1-8-3-5-9(7-8)4-2-6-13(10,11)12/h3,5,7-8H,2,4,6H2,1H3/p+1. The number of nitrogens with zero attached hydrogens (tertiary/aromatic N) is 1. The average molecular weight is 204 g/mol. The molecule has 0 amide bonds. The molecule has 1 atom stereocenters. The smallest absolute Gasteiger partial charge is 0.265 e. The Morgan fingerprint density at radius 1 is 1.54 bits per heavy atom. The van der Waals surface area contributed by atoms with Gasteiger partial charge in [0.05, 0.1) is 11.7 Å². The minimum atomic E-state index is -3.79. The number of rotatable bonds is 4. The van der Waals surface area contributed by atoms with E-state index < -0.39 is 10.1 Å². The number of hydrogen-bond donors (Lipinski definition) is 1. The van der Waals surface area contributed by atoms with E-state index in [1.54, 1.807) is 0 Å².